The number of rotatable bonds is 6. The van der Waals surface area contributed by atoms with Crippen molar-refractivity contribution in [2.24, 2.45) is 5.73 Å². The minimum absolute atomic E-state index is 0.364. The van der Waals surface area contributed by atoms with Crippen LogP contribution in [-0.4, -0.2) is 35.5 Å². The van der Waals surface area contributed by atoms with Crippen LogP contribution in [0.15, 0.2) is 30.3 Å². The Hall–Kier alpha value is -1.59. The van der Waals surface area contributed by atoms with Gasteiger partial charge in [-0.25, -0.2) is 4.79 Å². The summed E-state index contributed by atoms with van der Waals surface area (Å²) in [7, 11) is 0. The predicted octanol–water partition coefficient (Wildman–Crippen LogP) is 1.83. The molecule has 5 heteroatoms. The van der Waals surface area contributed by atoms with Crippen LogP contribution in [0.2, 0.25) is 0 Å². The van der Waals surface area contributed by atoms with Crippen molar-refractivity contribution in [3.63, 3.8) is 0 Å². The molecular formula is C16H26N2O3. The first-order valence-electron chi connectivity index (χ1n) is 7.23. The van der Waals surface area contributed by atoms with Gasteiger partial charge < -0.3 is 20.9 Å². The number of amides is 1. The molecule has 0 bridgehead atoms. The molecule has 0 radical (unpaired) electrons. The van der Waals surface area contributed by atoms with Crippen LogP contribution in [0.1, 0.15) is 32.8 Å². The molecule has 0 fully saturated rings. The van der Waals surface area contributed by atoms with Crippen LogP contribution in [-0.2, 0) is 11.2 Å². The quantitative estimate of drug-likeness (QED) is 0.747. The zero-order chi connectivity index (χ0) is 15.9. The van der Waals surface area contributed by atoms with Gasteiger partial charge in [0.15, 0.2) is 0 Å². The van der Waals surface area contributed by atoms with E-state index in [1.54, 1.807) is 20.8 Å². The maximum absolute atomic E-state index is 11.9. The number of alkyl carbamates (subject to hydrolysis) is 1. The molecule has 0 aliphatic heterocycles. The van der Waals surface area contributed by atoms with Gasteiger partial charge in [-0.15, -0.1) is 0 Å². The summed E-state index contributed by atoms with van der Waals surface area (Å²) in [6.07, 6.45) is -0.281. The van der Waals surface area contributed by atoms with E-state index < -0.39 is 23.8 Å². The van der Waals surface area contributed by atoms with Crippen molar-refractivity contribution in [3.8, 4) is 0 Å². The standard InChI is InChI=1S/C16H26N2O3/c1-16(2,3)21-15(20)18-13(14(19)9-10-17)11-12-7-5-4-6-8-12/h4-8,13-14,19H,9-11,17H2,1-3H3,(H,18,20)/t13-,14+/m0/s1. The lowest BCUT2D eigenvalue weighted by Crippen LogP contribution is -2.47. The van der Waals surface area contributed by atoms with Gasteiger partial charge in [0.05, 0.1) is 12.1 Å². The minimum Gasteiger partial charge on any atom is -0.444 e. The highest BCUT2D eigenvalue weighted by molar-refractivity contribution is 5.68. The summed E-state index contributed by atoms with van der Waals surface area (Å²) in [5.41, 5.74) is 5.96. The normalized spacial score (nSPS) is 14.3. The van der Waals surface area contributed by atoms with E-state index in [1.807, 2.05) is 30.3 Å². The summed E-state index contributed by atoms with van der Waals surface area (Å²) in [6, 6.07) is 9.27. The summed E-state index contributed by atoms with van der Waals surface area (Å²) >= 11 is 0. The van der Waals surface area contributed by atoms with Crippen LogP contribution >= 0.6 is 0 Å². The number of nitrogens with one attached hydrogen (secondary N) is 1. The fourth-order valence-electron chi connectivity index (χ4n) is 1.98. The first kappa shape index (κ1) is 17.5. The molecule has 1 rings (SSSR count). The highest BCUT2D eigenvalue weighted by Gasteiger charge is 2.24. The van der Waals surface area contributed by atoms with Gasteiger partial charge in [0.25, 0.3) is 0 Å². The number of hydrogen-bond donors (Lipinski definition) is 3. The van der Waals surface area contributed by atoms with E-state index in [0.717, 1.165) is 5.56 Å². The van der Waals surface area contributed by atoms with E-state index in [2.05, 4.69) is 5.32 Å². The van der Waals surface area contributed by atoms with Crippen LogP contribution in [0, 0.1) is 0 Å². The largest absolute Gasteiger partial charge is 0.444 e. The Balaban J connectivity index is 2.71. The molecule has 2 atom stereocenters. The van der Waals surface area contributed by atoms with Crippen molar-refractivity contribution >= 4 is 6.09 Å². The highest BCUT2D eigenvalue weighted by Crippen LogP contribution is 2.11. The monoisotopic (exact) mass is 294 g/mol. The van der Waals surface area contributed by atoms with Gasteiger partial charge in [-0.2, -0.15) is 0 Å². The molecule has 1 amide bonds. The molecule has 0 aromatic heterocycles. The lowest BCUT2D eigenvalue weighted by molar-refractivity contribution is 0.0416. The second kappa shape index (κ2) is 8.00. The smallest absolute Gasteiger partial charge is 0.407 e. The van der Waals surface area contributed by atoms with Crippen molar-refractivity contribution < 1.29 is 14.6 Å². The summed E-state index contributed by atoms with van der Waals surface area (Å²) in [5, 5.41) is 12.9. The van der Waals surface area contributed by atoms with E-state index in [-0.39, 0.29) is 0 Å². The van der Waals surface area contributed by atoms with E-state index in [4.69, 9.17) is 10.5 Å². The van der Waals surface area contributed by atoms with Gasteiger partial charge in [0.2, 0.25) is 0 Å². The van der Waals surface area contributed by atoms with Gasteiger partial charge in [0, 0.05) is 0 Å². The van der Waals surface area contributed by atoms with E-state index in [0.29, 0.717) is 19.4 Å². The Labute approximate surface area is 126 Å². The molecule has 0 aliphatic rings. The van der Waals surface area contributed by atoms with Crippen molar-refractivity contribution in [1.82, 2.24) is 5.32 Å². The number of carbonyl (C=O) groups is 1. The molecule has 0 aliphatic carbocycles. The maximum Gasteiger partial charge on any atom is 0.407 e. The highest BCUT2D eigenvalue weighted by atomic mass is 16.6. The topological polar surface area (TPSA) is 84.6 Å². The number of aliphatic hydroxyl groups is 1. The van der Waals surface area contributed by atoms with Crippen LogP contribution in [0.3, 0.4) is 0 Å². The number of hydrogen-bond acceptors (Lipinski definition) is 4. The van der Waals surface area contributed by atoms with Crippen molar-refractivity contribution in [3.05, 3.63) is 35.9 Å². The summed E-state index contributed by atoms with van der Waals surface area (Å²) < 4.78 is 5.24. The first-order chi connectivity index (χ1) is 9.81. The van der Waals surface area contributed by atoms with E-state index >= 15 is 0 Å². The number of ether oxygens (including phenoxy) is 1. The van der Waals surface area contributed by atoms with Crippen molar-refractivity contribution in [2.45, 2.75) is 51.4 Å². The van der Waals surface area contributed by atoms with Gasteiger partial charge >= 0.3 is 6.09 Å². The van der Waals surface area contributed by atoms with Gasteiger partial charge in [-0.05, 0) is 45.7 Å². The molecule has 0 spiro atoms. The summed E-state index contributed by atoms with van der Waals surface area (Å²) in [5.74, 6) is 0. The van der Waals surface area contributed by atoms with E-state index in [9.17, 15) is 9.90 Å². The number of nitrogens with two attached hydrogens (primary N) is 1. The Morgan fingerprint density at radius 3 is 2.48 bits per heavy atom. The Bertz CT molecular complexity index is 429. The van der Waals surface area contributed by atoms with Crippen molar-refractivity contribution in [2.75, 3.05) is 6.54 Å². The maximum atomic E-state index is 11.9. The van der Waals surface area contributed by atoms with Crippen molar-refractivity contribution in [1.29, 1.82) is 0 Å². The third-order valence-electron chi connectivity index (χ3n) is 2.93. The molecule has 0 heterocycles. The van der Waals surface area contributed by atoms with Crippen LogP contribution in [0.4, 0.5) is 4.79 Å². The molecular weight excluding hydrogens is 268 g/mol. The van der Waals surface area contributed by atoms with Crippen LogP contribution in [0.5, 0.6) is 0 Å². The third kappa shape index (κ3) is 7.11. The average molecular weight is 294 g/mol. The van der Waals surface area contributed by atoms with Gasteiger partial charge in [-0.3, -0.25) is 0 Å². The van der Waals surface area contributed by atoms with Gasteiger partial charge in [0.1, 0.15) is 5.60 Å². The Kier molecular flexibility index (Phi) is 6.65. The summed E-state index contributed by atoms with van der Waals surface area (Å²) in [4.78, 5) is 11.9. The number of aliphatic hydroxyl groups excluding tert-OH is 1. The Morgan fingerprint density at radius 2 is 1.95 bits per heavy atom. The Morgan fingerprint density at radius 1 is 1.33 bits per heavy atom. The predicted molar refractivity (Wildman–Crippen MR) is 83.0 cm³/mol. The lowest BCUT2D eigenvalue weighted by Gasteiger charge is -2.26. The molecule has 1 aromatic rings. The molecule has 1 aromatic carbocycles. The molecule has 4 N–H and O–H groups in total. The molecule has 0 saturated heterocycles. The van der Waals surface area contributed by atoms with Crippen LogP contribution in [0.25, 0.3) is 0 Å². The third-order valence-corrected chi connectivity index (χ3v) is 2.93. The fraction of sp³-hybridized carbons (Fsp3) is 0.562. The second-order valence-electron chi connectivity index (χ2n) is 6.09. The first-order valence-corrected chi connectivity index (χ1v) is 7.23. The second-order valence-corrected chi connectivity index (χ2v) is 6.09. The fourth-order valence-corrected chi connectivity index (χ4v) is 1.98. The minimum atomic E-state index is -0.706. The van der Waals surface area contributed by atoms with E-state index in [1.165, 1.54) is 0 Å². The number of benzene rings is 1. The molecule has 0 saturated carbocycles. The molecule has 21 heavy (non-hydrogen) atoms. The zero-order valence-electron chi connectivity index (χ0n) is 13.0. The molecule has 118 valence electrons. The van der Waals surface area contributed by atoms with Crippen LogP contribution < -0.4 is 11.1 Å². The molecule has 5 nitrogen and oxygen atoms in total. The van der Waals surface area contributed by atoms with Gasteiger partial charge in [-0.1, -0.05) is 30.3 Å². The average Bonchev–Trinajstić information content (AvgIpc) is 2.37. The molecule has 0 unspecified atom stereocenters. The lowest BCUT2D eigenvalue weighted by atomic mass is 9.99. The summed E-state index contributed by atoms with van der Waals surface area (Å²) in [6.45, 7) is 5.77. The SMILES string of the molecule is CC(C)(C)OC(=O)N[C@@H](Cc1ccccc1)[C@H](O)CCN. The number of carbonyl (C=O) groups excluding carboxylic acids is 1. The zero-order valence-corrected chi connectivity index (χ0v) is 13.0.